The number of nitrogens with two attached hydrogens (primary N) is 1. The summed E-state index contributed by atoms with van der Waals surface area (Å²) < 4.78 is 0. The van der Waals surface area contributed by atoms with E-state index in [1.165, 1.54) is 25.1 Å². The fraction of sp³-hybridized carbons (Fsp3) is 0.357. The second kappa shape index (κ2) is 8.78. The summed E-state index contributed by atoms with van der Waals surface area (Å²) in [7, 11) is 3.07. The lowest BCUT2D eigenvalue weighted by atomic mass is 9.52. The van der Waals surface area contributed by atoms with E-state index in [1.54, 1.807) is 30.3 Å². The van der Waals surface area contributed by atoms with Crippen LogP contribution in [0.3, 0.4) is 0 Å². The molecule has 196 valence electrons. The van der Waals surface area contributed by atoms with Crippen molar-refractivity contribution in [2.75, 3.05) is 14.1 Å². The van der Waals surface area contributed by atoms with Gasteiger partial charge >= 0.3 is 0 Å². The van der Waals surface area contributed by atoms with E-state index >= 15 is 0 Å². The van der Waals surface area contributed by atoms with Crippen molar-refractivity contribution in [1.29, 1.82) is 0 Å². The highest BCUT2D eigenvalue weighted by atomic mass is 16.3. The monoisotopic (exact) mass is 518 g/mol. The number of hydrogen-bond donors (Lipinski definition) is 3. The summed E-state index contributed by atoms with van der Waals surface area (Å²) in [5.41, 5.74) is 4.78. The first-order valence-electron chi connectivity index (χ1n) is 12.2. The summed E-state index contributed by atoms with van der Waals surface area (Å²) in [6, 6.07) is 8.48. The first-order valence-corrected chi connectivity index (χ1v) is 12.2. The van der Waals surface area contributed by atoms with Gasteiger partial charge in [0.05, 0.1) is 17.5 Å². The smallest absolute Gasteiger partial charge is 0.235 e. The number of hydrogen-bond acceptors (Lipinski definition) is 9. The van der Waals surface area contributed by atoms with E-state index in [0.29, 0.717) is 28.5 Å². The molecule has 0 spiro atoms. The van der Waals surface area contributed by atoms with E-state index in [2.05, 4.69) is 0 Å². The number of phenolic OH excluding ortho intramolecular Hbond substituents is 1. The van der Waals surface area contributed by atoms with Crippen molar-refractivity contribution < 1.29 is 39.0 Å². The molecule has 3 aliphatic carbocycles. The van der Waals surface area contributed by atoms with E-state index in [0.717, 1.165) is 0 Å². The summed E-state index contributed by atoms with van der Waals surface area (Å²) in [4.78, 5) is 78.6. The predicted molar refractivity (Wildman–Crippen MR) is 132 cm³/mol. The van der Waals surface area contributed by atoms with Crippen LogP contribution >= 0.6 is 0 Å². The summed E-state index contributed by atoms with van der Waals surface area (Å²) in [6.45, 7) is 0. The maximum atomic E-state index is 13.8. The number of rotatable bonds is 4. The molecular formula is C28H26N2O8. The molecule has 3 aliphatic rings. The lowest BCUT2D eigenvalue weighted by molar-refractivity contribution is -0.181. The van der Waals surface area contributed by atoms with E-state index in [4.69, 9.17) is 5.73 Å². The van der Waals surface area contributed by atoms with Gasteiger partial charge in [-0.2, -0.15) is 0 Å². The van der Waals surface area contributed by atoms with Gasteiger partial charge < -0.3 is 15.9 Å². The number of primary amides is 1. The highest BCUT2D eigenvalue weighted by Gasteiger charge is 2.69. The molecule has 4 N–H and O–H groups in total. The number of aliphatic hydroxyl groups is 1. The standard InChI is InChI=1S/C28H26N2O8/c1-30(2)22-17-10-14-9-16-15(13-5-3-12(11-31)4-6-13)7-8-18(32)20(16)23(33)19(14)25(35)28(17,38)26(36)21(24(22)34)27(29)37/h3-8,11,14,17,19,21-22,32,38H,9-10H2,1-2H3,(H2,29,37)/t14-,17-,19?,21?,22-,28-/m0/s1. The highest BCUT2D eigenvalue weighted by molar-refractivity contribution is 6.32. The number of benzene rings is 2. The molecule has 0 aromatic heterocycles. The van der Waals surface area contributed by atoms with Crippen LogP contribution in [0, 0.1) is 23.7 Å². The highest BCUT2D eigenvalue weighted by Crippen LogP contribution is 2.51. The minimum atomic E-state index is -2.76. The number of ketones is 4. The Balaban J connectivity index is 1.65. The third kappa shape index (κ3) is 3.40. The summed E-state index contributed by atoms with van der Waals surface area (Å²) >= 11 is 0. The van der Waals surface area contributed by atoms with Gasteiger partial charge in [-0.05, 0) is 55.6 Å². The van der Waals surface area contributed by atoms with Crippen LogP contribution in [0.1, 0.15) is 32.7 Å². The van der Waals surface area contributed by atoms with Crippen LogP contribution in [-0.4, -0.2) is 76.2 Å². The fourth-order valence-corrected chi connectivity index (χ4v) is 6.62. The maximum absolute atomic E-state index is 13.8. The van der Waals surface area contributed by atoms with Crippen LogP contribution < -0.4 is 5.73 Å². The quantitative estimate of drug-likeness (QED) is 0.381. The summed E-state index contributed by atoms with van der Waals surface area (Å²) in [5.74, 6) is -10.8. The Morgan fingerprint density at radius 1 is 1.05 bits per heavy atom. The Labute approximate surface area is 217 Å². The van der Waals surface area contributed by atoms with Crippen LogP contribution in [0.25, 0.3) is 11.1 Å². The molecule has 2 aromatic carbocycles. The molecule has 1 amide bonds. The number of carbonyl (C=O) groups excluding carboxylic acids is 6. The number of phenols is 1. The van der Waals surface area contributed by atoms with Gasteiger partial charge in [-0.15, -0.1) is 0 Å². The maximum Gasteiger partial charge on any atom is 0.235 e. The van der Waals surface area contributed by atoms with Gasteiger partial charge in [0.15, 0.2) is 34.7 Å². The molecule has 0 saturated heterocycles. The number of amides is 1. The lowest BCUT2D eigenvalue weighted by Gasteiger charge is -2.52. The number of Topliss-reactive ketones (excluding diaryl/α,β-unsaturated/α-hetero) is 4. The zero-order valence-corrected chi connectivity index (χ0v) is 20.7. The first-order chi connectivity index (χ1) is 17.9. The third-order valence-electron chi connectivity index (χ3n) is 8.30. The van der Waals surface area contributed by atoms with E-state index in [-0.39, 0.29) is 24.2 Å². The Hall–Kier alpha value is -4.02. The predicted octanol–water partition coefficient (Wildman–Crippen LogP) is 0.347. The van der Waals surface area contributed by atoms with E-state index < -0.39 is 64.4 Å². The Kier molecular flexibility index (Phi) is 5.92. The second-order valence-corrected chi connectivity index (χ2v) is 10.5. The van der Waals surface area contributed by atoms with Crippen molar-refractivity contribution in [3.05, 3.63) is 53.1 Å². The van der Waals surface area contributed by atoms with Crippen molar-refractivity contribution in [3.8, 4) is 16.9 Å². The molecule has 2 saturated carbocycles. The molecule has 2 unspecified atom stereocenters. The van der Waals surface area contributed by atoms with Crippen molar-refractivity contribution in [1.82, 2.24) is 4.90 Å². The van der Waals surface area contributed by atoms with Gasteiger partial charge in [0.2, 0.25) is 5.91 Å². The minimum absolute atomic E-state index is 0.0247. The number of aromatic hydroxyl groups is 1. The Morgan fingerprint density at radius 3 is 2.29 bits per heavy atom. The number of likely N-dealkylation sites (N-methyl/N-ethyl adjacent to an activating group) is 1. The van der Waals surface area contributed by atoms with Crippen LogP contribution in [0.5, 0.6) is 5.75 Å². The normalized spacial score (nSPS) is 30.5. The number of aldehydes is 1. The van der Waals surface area contributed by atoms with Gasteiger partial charge in [-0.25, -0.2) is 0 Å². The van der Waals surface area contributed by atoms with Gasteiger partial charge in [-0.3, -0.25) is 33.7 Å². The van der Waals surface area contributed by atoms with Gasteiger partial charge in [0.1, 0.15) is 12.0 Å². The number of carbonyl (C=O) groups is 6. The van der Waals surface area contributed by atoms with Crippen molar-refractivity contribution in [3.63, 3.8) is 0 Å². The molecule has 2 fully saturated rings. The molecule has 0 bridgehead atoms. The molecule has 5 rings (SSSR count). The Morgan fingerprint density at radius 2 is 1.71 bits per heavy atom. The number of fused-ring (bicyclic) bond motifs is 3. The van der Waals surface area contributed by atoms with Crippen molar-refractivity contribution in [2.45, 2.75) is 24.5 Å². The molecule has 6 atom stereocenters. The molecule has 0 aliphatic heterocycles. The van der Waals surface area contributed by atoms with Crippen molar-refractivity contribution in [2.24, 2.45) is 29.4 Å². The molecule has 10 nitrogen and oxygen atoms in total. The molecule has 0 radical (unpaired) electrons. The van der Waals surface area contributed by atoms with Gasteiger partial charge in [0.25, 0.3) is 0 Å². The van der Waals surface area contributed by atoms with E-state index in [1.807, 2.05) is 0 Å². The van der Waals surface area contributed by atoms with Crippen LogP contribution in [0.4, 0.5) is 0 Å². The van der Waals surface area contributed by atoms with Crippen LogP contribution in [-0.2, 0) is 25.6 Å². The summed E-state index contributed by atoms with van der Waals surface area (Å²) in [6.07, 6.45) is 0.837. The fourth-order valence-electron chi connectivity index (χ4n) is 6.62. The third-order valence-corrected chi connectivity index (χ3v) is 8.30. The van der Waals surface area contributed by atoms with Gasteiger partial charge in [0, 0.05) is 11.5 Å². The average molecular weight is 519 g/mol. The molecular weight excluding hydrogens is 492 g/mol. The average Bonchev–Trinajstić information content (AvgIpc) is 2.86. The number of nitrogens with zero attached hydrogens (tertiary/aromatic N) is 1. The topological polar surface area (TPSA) is 172 Å². The van der Waals surface area contributed by atoms with Gasteiger partial charge in [-0.1, -0.05) is 30.3 Å². The van der Waals surface area contributed by atoms with Crippen molar-refractivity contribution >= 4 is 35.3 Å². The second-order valence-electron chi connectivity index (χ2n) is 10.5. The largest absolute Gasteiger partial charge is 0.507 e. The van der Waals surface area contributed by atoms with Crippen LogP contribution in [0.2, 0.25) is 0 Å². The summed E-state index contributed by atoms with van der Waals surface area (Å²) in [5, 5.41) is 22.3. The van der Waals surface area contributed by atoms with E-state index in [9.17, 15) is 39.0 Å². The SMILES string of the molecule is CN(C)[C@@H]1C(=O)C(C(N)=O)C(=O)[C@@]2(O)C(=O)C3C(=O)c4c(O)ccc(-c5ccc(C=O)cc5)c4C[C@H]3C[C@@H]12. The van der Waals surface area contributed by atoms with Crippen LogP contribution in [0.15, 0.2) is 36.4 Å². The zero-order valence-electron chi connectivity index (χ0n) is 20.7. The first kappa shape index (κ1) is 25.6. The minimum Gasteiger partial charge on any atom is -0.507 e. The molecule has 10 heteroatoms. The molecule has 38 heavy (non-hydrogen) atoms. The molecule has 0 heterocycles. The Bertz CT molecular complexity index is 1430. The molecule has 2 aromatic rings. The lowest BCUT2D eigenvalue weighted by Crippen LogP contribution is -2.74. The zero-order chi connectivity index (χ0) is 27.7.